The molecule has 4 amide bonds. The van der Waals surface area contributed by atoms with Crippen molar-refractivity contribution in [2.75, 3.05) is 17.2 Å². The number of urea groups is 1. The maximum absolute atomic E-state index is 11.5. The molecule has 0 aliphatic carbocycles. The Morgan fingerprint density at radius 2 is 1.86 bits per heavy atom. The SMILES string of the molecule is CC(=O)Nc1ccc(NC(=O)NCC(N)=O)c(C(=O)O)c1. The van der Waals surface area contributed by atoms with Crippen LogP contribution in [0.3, 0.4) is 0 Å². The summed E-state index contributed by atoms with van der Waals surface area (Å²) < 4.78 is 0. The molecule has 0 aliphatic rings. The number of amides is 4. The van der Waals surface area contributed by atoms with Gasteiger partial charge in [0.1, 0.15) is 0 Å². The van der Waals surface area contributed by atoms with E-state index in [1.165, 1.54) is 25.1 Å². The van der Waals surface area contributed by atoms with Gasteiger partial charge in [0.05, 0.1) is 17.8 Å². The Morgan fingerprint density at radius 1 is 1.19 bits per heavy atom. The van der Waals surface area contributed by atoms with E-state index in [9.17, 15) is 19.2 Å². The Bertz CT molecular complexity index is 599. The quantitative estimate of drug-likeness (QED) is 0.515. The number of benzene rings is 1. The van der Waals surface area contributed by atoms with Crippen molar-refractivity contribution in [3.8, 4) is 0 Å². The van der Waals surface area contributed by atoms with Crippen LogP contribution in [0.15, 0.2) is 18.2 Å². The number of primary amides is 1. The second kappa shape index (κ2) is 6.89. The largest absolute Gasteiger partial charge is 0.478 e. The van der Waals surface area contributed by atoms with Crippen molar-refractivity contribution in [1.82, 2.24) is 5.32 Å². The standard InChI is InChI=1S/C12H14N4O5/c1-6(17)15-7-2-3-9(8(4-7)11(19)20)16-12(21)14-5-10(13)18/h2-4H,5H2,1H3,(H2,13,18)(H,15,17)(H,19,20)(H2,14,16,21). The van der Waals surface area contributed by atoms with Gasteiger partial charge >= 0.3 is 12.0 Å². The fraction of sp³-hybridized carbons (Fsp3) is 0.167. The van der Waals surface area contributed by atoms with Gasteiger partial charge in [-0.2, -0.15) is 0 Å². The predicted octanol–water partition coefficient (Wildman–Crippen LogP) is -0.0500. The zero-order chi connectivity index (χ0) is 16.0. The molecule has 0 bridgehead atoms. The van der Waals surface area contributed by atoms with Crippen LogP contribution in [0.4, 0.5) is 16.2 Å². The van der Waals surface area contributed by atoms with E-state index in [0.29, 0.717) is 0 Å². The van der Waals surface area contributed by atoms with Gasteiger partial charge in [-0.1, -0.05) is 0 Å². The minimum atomic E-state index is -1.28. The first-order valence-corrected chi connectivity index (χ1v) is 5.77. The number of carbonyl (C=O) groups excluding carboxylic acids is 3. The number of hydrogen-bond donors (Lipinski definition) is 5. The van der Waals surface area contributed by atoms with Crippen molar-refractivity contribution in [3.05, 3.63) is 23.8 Å². The highest BCUT2D eigenvalue weighted by Crippen LogP contribution is 2.20. The summed E-state index contributed by atoms with van der Waals surface area (Å²) in [5, 5.41) is 16.0. The van der Waals surface area contributed by atoms with Crippen LogP contribution < -0.4 is 21.7 Å². The van der Waals surface area contributed by atoms with E-state index in [4.69, 9.17) is 10.8 Å². The lowest BCUT2D eigenvalue weighted by atomic mass is 10.1. The molecule has 0 fully saturated rings. The zero-order valence-corrected chi connectivity index (χ0v) is 11.1. The second-order valence-electron chi connectivity index (χ2n) is 4.02. The number of nitrogens with two attached hydrogens (primary N) is 1. The smallest absolute Gasteiger partial charge is 0.337 e. The third kappa shape index (κ3) is 5.19. The van der Waals surface area contributed by atoms with Crippen molar-refractivity contribution in [2.45, 2.75) is 6.92 Å². The maximum atomic E-state index is 11.5. The van der Waals surface area contributed by atoms with E-state index in [-0.39, 0.29) is 29.4 Å². The topological polar surface area (TPSA) is 151 Å². The molecule has 0 saturated heterocycles. The summed E-state index contributed by atoms with van der Waals surface area (Å²) in [6.45, 7) is 0.905. The highest BCUT2D eigenvalue weighted by atomic mass is 16.4. The molecule has 6 N–H and O–H groups in total. The van der Waals surface area contributed by atoms with E-state index in [1.54, 1.807) is 0 Å². The van der Waals surface area contributed by atoms with Crippen LogP contribution in [0.5, 0.6) is 0 Å². The fourth-order valence-corrected chi connectivity index (χ4v) is 1.45. The summed E-state index contributed by atoms with van der Waals surface area (Å²) >= 11 is 0. The summed E-state index contributed by atoms with van der Waals surface area (Å²) in [6.07, 6.45) is 0. The molecule has 0 unspecified atom stereocenters. The third-order valence-electron chi connectivity index (χ3n) is 2.24. The number of carbonyl (C=O) groups is 4. The van der Waals surface area contributed by atoms with Crippen molar-refractivity contribution in [3.63, 3.8) is 0 Å². The van der Waals surface area contributed by atoms with Crippen LogP contribution in [0, 0.1) is 0 Å². The van der Waals surface area contributed by atoms with Crippen molar-refractivity contribution in [2.24, 2.45) is 5.73 Å². The molecule has 21 heavy (non-hydrogen) atoms. The highest BCUT2D eigenvalue weighted by molar-refractivity contribution is 6.02. The Hall–Kier alpha value is -3.10. The predicted molar refractivity (Wildman–Crippen MR) is 73.9 cm³/mol. The summed E-state index contributed by atoms with van der Waals surface area (Å²) in [4.78, 5) is 44.1. The molecule has 112 valence electrons. The molecule has 1 aromatic rings. The lowest BCUT2D eigenvalue weighted by Gasteiger charge is -2.11. The Labute approximate surface area is 119 Å². The minimum Gasteiger partial charge on any atom is -0.478 e. The molecule has 1 aromatic carbocycles. The minimum absolute atomic E-state index is 0.0126. The van der Waals surface area contributed by atoms with Gasteiger partial charge in [-0.15, -0.1) is 0 Å². The van der Waals surface area contributed by atoms with Crippen molar-refractivity contribution >= 4 is 35.2 Å². The number of carboxylic acid groups (broad SMARTS) is 1. The normalized spacial score (nSPS) is 9.57. The van der Waals surface area contributed by atoms with Gasteiger partial charge in [-0.05, 0) is 18.2 Å². The fourth-order valence-electron chi connectivity index (χ4n) is 1.45. The highest BCUT2D eigenvalue weighted by Gasteiger charge is 2.14. The lowest BCUT2D eigenvalue weighted by molar-refractivity contribution is -0.117. The second-order valence-corrected chi connectivity index (χ2v) is 4.02. The molecule has 0 aliphatic heterocycles. The lowest BCUT2D eigenvalue weighted by Crippen LogP contribution is -2.36. The molecule has 0 atom stereocenters. The van der Waals surface area contributed by atoms with Gasteiger partial charge in [0.2, 0.25) is 11.8 Å². The van der Waals surface area contributed by atoms with Crippen LogP contribution in [-0.4, -0.2) is 35.5 Å². The van der Waals surface area contributed by atoms with Gasteiger partial charge in [-0.25, -0.2) is 9.59 Å². The Morgan fingerprint density at radius 3 is 2.38 bits per heavy atom. The van der Waals surface area contributed by atoms with Crippen LogP contribution >= 0.6 is 0 Å². The number of aromatic carboxylic acids is 1. The first-order chi connectivity index (χ1) is 9.79. The molecule has 0 saturated carbocycles. The van der Waals surface area contributed by atoms with Gasteiger partial charge in [0.25, 0.3) is 0 Å². The molecule has 0 radical (unpaired) electrons. The summed E-state index contributed by atoms with van der Waals surface area (Å²) in [5.74, 6) is -2.37. The van der Waals surface area contributed by atoms with Crippen LogP contribution in [0.25, 0.3) is 0 Å². The number of hydrogen-bond acceptors (Lipinski definition) is 4. The van der Waals surface area contributed by atoms with Crippen LogP contribution in [0.1, 0.15) is 17.3 Å². The summed E-state index contributed by atoms with van der Waals surface area (Å²) in [5.41, 5.74) is 4.94. The van der Waals surface area contributed by atoms with Gasteiger partial charge in [0, 0.05) is 12.6 Å². The number of carboxylic acids is 1. The molecule has 9 heteroatoms. The number of nitrogens with one attached hydrogen (secondary N) is 3. The zero-order valence-electron chi connectivity index (χ0n) is 11.1. The van der Waals surface area contributed by atoms with E-state index in [0.717, 1.165) is 0 Å². The van der Waals surface area contributed by atoms with E-state index in [1.807, 2.05) is 0 Å². The van der Waals surface area contributed by atoms with E-state index >= 15 is 0 Å². The first-order valence-electron chi connectivity index (χ1n) is 5.77. The molecule has 9 nitrogen and oxygen atoms in total. The molecule has 0 aromatic heterocycles. The van der Waals surface area contributed by atoms with Crippen LogP contribution in [-0.2, 0) is 9.59 Å². The average Bonchev–Trinajstić information content (AvgIpc) is 2.37. The molecular weight excluding hydrogens is 280 g/mol. The number of rotatable bonds is 5. The summed E-state index contributed by atoms with van der Waals surface area (Å²) in [7, 11) is 0. The first kappa shape index (κ1) is 16.0. The van der Waals surface area contributed by atoms with Gasteiger partial charge in [-0.3, -0.25) is 9.59 Å². The van der Waals surface area contributed by atoms with Gasteiger partial charge in [0.15, 0.2) is 0 Å². The molecular formula is C12H14N4O5. The Kier molecular flexibility index (Phi) is 5.24. The molecule has 0 spiro atoms. The van der Waals surface area contributed by atoms with Gasteiger partial charge < -0.3 is 26.8 Å². The Balaban J connectivity index is 2.91. The molecule has 0 heterocycles. The van der Waals surface area contributed by atoms with Crippen molar-refractivity contribution in [1.29, 1.82) is 0 Å². The van der Waals surface area contributed by atoms with E-state index in [2.05, 4.69) is 16.0 Å². The number of anilines is 2. The molecule has 1 rings (SSSR count). The monoisotopic (exact) mass is 294 g/mol. The average molecular weight is 294 g/mol. The third-order valence-corrected chi connectivity index (χ3v) is 2.24. The van der Waals surface area contributed by atoms with Crippen molar-refractivity contribution < 1.29 is 24.3 Å². The maximum Gasteiger partial charge on any atom is 0.337 e. The van der Waals surface area contributed by atoms with E-state index < -0.39 is 17.9 Å². The summed E-state index contributed by atoms with van der Waals surface area (Å²) in [6, 6.07) is 3.17. The van der Waals surface area contributed by atoms with Crippen LogP contribution in [0.2, 0.25) is 0 Å².